The second kappa shape index (κ2) is 7.91. The lowest BCUT2D eigenvalue weighted by Gasteiger charge is -2.00. The summed E-state index contributed by atoms with van der Waals surface area (Å²) in [5.41, 5.74) is 0. The Morgan fingerprint density at radius 3 is 1.46 bits per heavy atom. The van der Waals surface area contributed by atoms with Gasteiger partial charge in [-0.15, -0.1) is 0 Å². The van der Waals surface area contributed by atoms with E-state index in [1.165, 1.54) is 0 Å². The number of rotatable bonds is 2. The Bertz CT molecular complexity index is 208. The zero-order chi connectivity index (χ0) is 10.1. The van der Waals surface area contributed by atoms with Crippen LogP contribution in [0, 0.1) is 0 Å². The van der Waals surface area contributed by atoms with E-state index in [2.05, 4.69) is 29.2 Å². The first-order valence-corrected chi connectivity index (χ1v) is 4.92. The second-order valence-corrected chi connectivity index (χ2v) is 2.91. The van der Waals surface area contributed by atoms with Crippen LogP contribution in [0.1, 0.15) is 0 Å². The molecule has 0 aliphatic carbocycles. The van der Waals surface area contributed by atoms with Crippen LogP contribution < -0.4 is 9.47 Å². The molecule has 0 atom stereocenters. The highest BCUT2D eigenvalue weighted by molar-refractivity contribution is 14.1. The molecule has 3 heteroatoms. The lowest BCUT2D eigenvalue weighted by atomic mass is 10.3. The molecule has 0 N–H and O–H groups in total. The number of hydrogen-bond donors (Lipinski definition) is 0. The number of hydrogen-bond acceptors (Lipinski definition) is 2. The summed E-state index contributed by atoms with van der Waals surface area (Å²) >= 11 is 2.05. The quantitative estimate of drug-likeness (QED) is 0.779. The highest BCUT2D eigenvalue weighted by Gasteiger charge is 1.89. The van der Waals surface area contributed by atoms with Gasteiger partial charge in [-0.05, 0) is 28.3 Å². The second-order valence-electron chi connectivity index (χ2n) is 2.03. The minimum Gasteiger partial charge on any atom is -0.497 e. The maximum Gasteiger partial charge on any atom is 0.119 e. The molecule has 0 saturated heterocycles. The lowest BCUT2D eigenvalue weighted by molar-refractivity contribution is 0.403. The molecule has 0 fully saturated rings. The molecule has 0 spiro atoms. The van der Waals surface area contributed by atoms with Crippen LogP contribution in [0.3, 0.4) is 0 Å². The first-order chi connectivity index (χ1) is 6.28. The van der Waals surface area contributed by atoms with Crippen LogP contribution in [0.2, 0.25) is 0 Å². The van der Waals surface area contributed by atoms with Gasteiger partial charge in [-0.2, -0.15) is 0 Å². The van der Waals surface area contributed by atoms with Crippen LogP contribution >= 0.6 is 22.6 Å². The fraction of sp³-hybridized carbons (Fsp3) is 0.200. The molecule has 72 valence electrons. The zero-order valence-corrected chi connectivity index (χ0v) is 9.95. The van der Waals surface area contributed by atoms with E-state index in [0.717, 1.165) is 11.5 Å². The van der Waals surface area contributed by atoms with Crippen molar-refractivity contribution in [2.75, 3.05) is 14.2 Å². The summed E-state index contributed by atoms with van der Waals surface area (Å²) in [7, 11) is 3.28. The third kappa shape index (κ3) is 5.52. The highest BCUT2D eigenvalue weighted by atomic mass is 127. The first kappa shape index (κ1) is 12.3. The van der Waals surface area contributed by atoms with Crippen molar-refractivity contribution in [3.63, 3.8) is 0 Å². The molecule has 13 heavy (non-hydrogen) atoms. The van der Waals surface area contributed by atoms with Gasteiger partial charge in [-0.1, -0.05) is 29.2 Å². The smallest absolute Gasteiger partial charge is 0.119 e. The Morgan fingerprint density at radius 1 is 1.08 bits per heavy atom. The molecule has 1 aromatic carbocycles. The first-order valence-electron chi connectivity index (χ1n) is 3.67. The fourth-order valence-electron chi connectivity index (χ4n) is 0.712. The Labute approximate surface area is 92.7 Å². The summed E-state index contributed by atoms with van der Waals surface area (Å²) in [6.07, 6.45) is 0. The Kier molecular flexibility index (Phi) is 7.48. The summed E-state index contributed by atoms with van der Waals surface area (Å²) in [6, 6.07) is 7.44. The van der Waals surface area contributed by atoms with Crippen molar-refractivity contribution in [2.45, 2.75) is 0 Å². The van der Waals surface area contributed by atoms with Gasteiger partial charge < -0.3 is 9.47 Å². The van der Waals surface area contributed by atoms with Gasteiger partial charge in [0.15, 0.2) is 0 Å². The molecule has 0 saturated carbocycles. The number of methoxy groups -OCH3 is 2. The third-order valence-corrected chi connectivity index (χ3v) is 1.30. The van der Waals surface area contributed by atoms with Crippen molar-refractivity contribution in [3.8, 4) is 11.5 Å². The average molecular weight is 292 g/mol. The van der Waals surface area contributed by atoms with Gasteiger partial charge in [0.1, 0.15) is 11.5 Å². The predicted molar refractivity (Wildman–Crippen MR) is 63.8 cm³/mol. The van der Waals surface area contributed by atoms with Crippen molar-refractivity contribution in [1.82, 2.24) is 0 Å². The van der Waals surface area contributed by atoms with Gasteiger partial charge in [-0.25, -0.2) is 0 Å². The highest BCUT2D eigenvalue weighted by Crippen LogP contribution is 2.15. The largest absolute Gasteiger partial charge is 0.497 e. The van der Waals surface area contributed by atoms with E-state index in [9.17, 15) is 0 Å². The predicted octanol–water partition coefficient (Wildman–Crippen LogP) is 3.27. The van der Waals surface area contributed by atoms with Gasteiger partial charge in [0.05, 0.1) is 14.2 Å². The van der Waals surface area contributed by atoms with Crippen LogP contribution in [0.4, 0.5) is 0 Å². The number of ether oxygens (including phenoxy) is 2. The monoisotopic (exact) mass is 292 g/mol. The van der Waals surface area contributed by atoms with E-state index in [0.29, 0.717) is 0 Å². The van der Waals surface area contributed by atoms with Crippen molar-refractivity contribution in [2.24, 2.45) is 0 Å². The zero-order valence-electron chi connectivity index (χ0n) is 7.79. The third-order valence-electron chi connectivity index (χ3n) is 1.30. The van der Waals surface area contributed by atoms with E-state index in [-0.39, 0.29) is 0 Å². The van der Waals surface area contributed by atoms with Crippen LogP contribution in [-0.2, 0) is 0 Å². The van der Waals surface area contributed by atoms with Crippen LogP contribution in [0.15, 0.2) is 34.9 Å². The van der Waals surface area contributed by atoms with E-state index in [1.54, 1.807) is 18.3 Å². The van der Waals surface area contributed by atoms with Gasteiger partial charge in [0, 0.05) is 0 Å². The molecule has 1 aromatic rings. The summed E-state index contributed by atoms with van der Waals surface area (Å²) in [5, 5.41) is 0. The van der Waals surface area contributed by atoms with Gasteiger partial charge >= 0.3 is 0 Å². The Hall–Kier alpha value is -0.710. The molecular weight excluding hydrogens is 279 g/mol. The maximum atomic E-state index is 4.96. The van der Waals surface area contributed by atoms with Crippen molar-refractivity contribution in [1.29, 1.82) is 0 Å². The minimum atomic E-state index is 0.848. The average Bonchev–Trinajstić information content (AvgIpc) is 2.19. The van der Waals surface area contributed by atoms with E-state index in [4.69, 9.17) is 9.47 Å². The molecule has 0 radical (unpaired) electrons. The van der Waals surface area contributed by atoms with Crippen LogP contribution in [0.5, 0.6) is 11.5 Å². The van der Waals surface area contributed by atoms with Gasteiger partial charge in [0.2, 0.25) is 0 Å². The van der Waals surface area contributed by atoms with E-state index in [1.807, 2.05) is 24.3 Å². The molecule has 0 unspecified atom stereocenters. The topological polar surface area (TPSA) is 18.5 Å². The molecule has 0 aromatic heterocycles. The van der Waals surface area contributed by atoms with Gasteiger partial charge in [0.25, 0.3) is 0 Å². The van der Waals surface area contributed by atoms with Crippen molar-refractivity contribution in [3.05, 3.63) is 34.9 Å². The van der Waals surface area contributed by atoms with E-state index < -0.39 is 0 Å². The van der Waals surface area contributed by atoms with Crippen molar-refractivity contribution < 1.29 is 9.47 Å². The van der Waals surface area contributed by atoms with Gasteiger partial charge in [-0.3, -0.25) is 0 Å². The molecule has 0 amide bonds. The number of halogens is 1. The molecule has 0 heterocycles. The SMILES string of the molecule is C=CI.COc1ccc(OC)cc1. The fourth-order valence-corrected chi connectivity index (χ4v) is 0.712. The standard InChI is InChI=1S/C8H10O2.C2H3I/c1-9-7-3-5-8(10-2)6-4-7;1-2-3/h3-6H,1-2H3;2H,1H2. The molecule has 0 aliphatic heterocycles. The summed E-state index contributed by atoms with van der Waals surface area (Å²) in [5.74, 6) is 1.70. The van der Waals surface area contributed by atoms with Crippen LogP contribution in [-0.4, -0.2) is 14.2 Å². The Balaban J connectivity index is 0.000000424. The molecule has 0 bridgehead atoms. The Morgan fingerprint density at radius 2 is 1.31 bits per heavy atom. The minimum absolute atomic E-state index is 0.848. The molecular formula is C10H13IO2. The lowest BCUT2D eigenvalue weighted by Crippen LogP contribution is -1.83. The maximum absolute atomic E-state index is 4.96. The molecule has 1 rings (SSSR count). The summed E-state index contributed by atoms with van der Waals surface area (Å²) in [6.45, 7) is 3.35. The molecule has 0 aliphatic rings. The normalized spacial score (nSPS) is 7.92. The summed E-state index contributed by atoms with van der Waals surface area (Å²) < 4.78 is 11.6. The molecule has 2 nitrogen and oxygen atoms in total. The number of benzene rings is 1. The summed E-state index contributed by atoms with van der Waals surface area (Å²) in [4.78, 5) is 0. The van der Waals surface area contributed by atoms with E-state index >= 15 is 0 Å². The van der Waals surface area contributed by atoms with Crippen molar-refractivity contribution >= 4 is 22.6 Å². The van der Waals surface area contributed by atoms with Crippen LogP contribution in [0.25, 0.3) is 0 Å².